The number of hydrogen-bond donors (Lipinski definition) is 1. The fourth-order valence-corrected chi connectivity index (χ4v) is 1.93. The highest BCUT2D eigenvalue weighted by Gasteiger charge is 2.28. The number of rotatable bonds is 1. The summed E-state index contributed by atoms with van der Waals surface area (Å²) in [4.78, 5) is 12.8. The molecule has 0 spiro atoms. The molecule has 1 atom stereocenters. The monoisotopic (exact) mass is 271 g/mol. The van der Waals surface area contributed by atoms with Crippen LogP contribution >= 0.6 is 17.0 Å². The van der Waals surface area contributed by atoms with E-state index in [1.54, 1.807) is 0 Å². The Labute approximate surface area is 99.5 Å². The molecule has 0 saturated heterocycles. The van der Waals surface area contributed by atoms with E-state index in [-0.39, 0.29) is 23.0 Å². The van der Waals surface area contributed by atoms with E-state index >= 15 is 0 Å². The van der Waals surface area contributed by atoms with Crippen LogP contribution in [-0.4, -0.2) is 29.1 Å². The second kappa shape index (κ2) is 4.77. The molecule has 3 nitrogen and oxygen atoms in total. The zero-order chi connectivity index (χ0) is 10.1. The zero-order valence-corrected chi connectivity index (χ0v) is 10.2. The normalized spacial score (nSPS) is 20.2. The summed E-state index contributed by atoms with van der Waals surface area (Å²) in [6.07, 6.45) is 0.613. The maximum absolute atomic E-state index is 10.9. The van der Waals surface area contributed by atoms with Gasteiger partial charge in [0.2, 0.25) is 0 Å². The minimum Gasteiger partial charge on any atom is -0.480 e. The Morgan fingerprint density at radius 1 is 1.40 bits per heavy atom. The van der Waals surface area contributed by atoms with Gasteiger partial charge in [-0.2, -0.15) is 0 Å². The highest BCUT2D eigenvalue weighted by Crippen LogP contribution is 2.21. The summed E-state index contributed by atoms with van der Waals surface area (Å²) in [6.45, 7) is 0.729. The van der Waals surface area contributed by atoms with Crippen LogP contribution < -0.4 is 0 Å². The van der Waals surface area contributed by atoms with Gasteiger partial charge in [0.25, 0.3) is 0 Å². The minimum atomic E-state index is -0.734. The average molecular weight is 272 g/mol. The Hall–Kier alpha value is -0.870. The van der Waals surface area contributed by atoms with Crippen molar-refractivity contribution < 1.29 is 9.90 Å². The second-order valence-electron chi connectivity index (χ2n) is 3.74. The van der Waals surface area contributed by atoms with Crippen molar-refractivity contribution in [2.24, 2.45) is 0 Å². The van der Waals surface area contributed by atoms with Crippen LogP contribution in [0.15, 0.2) is 24.3 Å². The van der Waals surface area contributed by atoms with Gasteiger partial charge in [-0.1, -0.05) is 24.3 Å². The molecule has 82 valence electrons. The fraction of sp³-hybridized carbons (Fsp3) is 0.364. The third kappa shape index (κ3) is 2.38. The molecule has 1 aliphatic rings. The maximum Gasteiger partial charge on any atom is 0.321 e. The number of likely N-dealkylation sites (N-methyl/N-ethyl adjacent to an activating group) is 1. The number of aliphatic carboxylic acids is 1. The van der Waals surface area contributed by atoms with E-state index in [4.69, 9.17) is 5.11 Å². The molecule has 4 heteroatoms. The third-order valence-corrected chi connectivity index (χ3v) is 2.77. The summed E-state index contributed by atoms with van der Waals surface area (Å²) in [5, 5.41) is 8.99. The van der Waals surface area contributed by atoms with Gasteiger partial charge < -0.3 is 5.11 Å². The molecular formula is C11H14BrNO2. The van der Waals surface area contributed by atoms with Crippen LogP contribution in [0.1, 0.15) is 11.1 Å². The number of benzene rings is 1. The molecule has 0 saturated carbocycles. The lowest BCUT2D eigenvalue weighted by Crippen LogP contribution is -2.42. The van der Waals surface area contributed by atoms with Crippen molar-refractivity contribution in [3.05, 3.63) is 35.4 Å². The molecule has 1 aromatic rings. The van der Waals surface area contributed by atoms with Gasteiger partial charge in [0.1, 0.15) is 6.04 Å². The first kappa shape index (κ1) is 12.2. The first-order valence-corrected chi connectivity index (χ1v) is 4.68. The number of hydrogen-bond acceptors (Lipinski definition) is 2. The number of carbonyl (C=O) groups is 1. The number of carboxylic acid groups (broad SMARTS) is 1. The molecule has 0 radical (unpaired) electrons. The molecule has 1 aliphatic heterocycles. The van der Waals surface area contributed by atoms with Gasteiger partial charge in [-0.25, -0.2) is 0 Å². The largest absolute Gasteiger partial charge is 0.480 e. The van der Waals surface area contributed by atoms with Gasteiger partial charge in [-0.05, 0) is 24.6 Å². The number of nitrogens with zero attached hydrogens (tertiary/aromatic N) is 1. The molecule has 0 aromatic heterocycles. The van der Waals surface area contributed by atoms with Gasteiger partial charge in [0.05, 0.1) is 0 Å². The van der Waals surface area contributed by atoms with E-state index in [1.807, 2.05) is 30.1 Å². The SMILES string of the molecule is Br.CN1Cc2ccccc2CC1C(=O)O. The lowest BCUT2D eigenvalue weighted by molar-refractivity contribution is -0.143. The van der Waals surface area contributed by atoms with Crippen molar-refractivity contribution in [1.82, 2.24) is 4.90 Å². The third-order valence-electron chi connectivity index (χ3n) is 2.77. The van der Waals surface area contributed by atoms with E-state index in [0.29, 0.717) is 6.42 Å². The number of fused-ring (bicyclic) bond motifs is 1. The van der Waals surface area contributed by atoms with Crippen LogP contribution in [0, 0.1) is 0 Å². The molecule has 1 N–H and O–H groups in total. The molecule has 15 heavy (non-hydrogen) atoms. The van der Waals surface area contributed by atoms with Crippen molar-refractivity contribution in [3.63, 3.8) is 0 Å². The molecular weight excluding hydrogens is 258 g/mol. The van der Waals surface area contributed by atoms with Crippen molar-refractivity contribution >= 4 is 23.0 Å². The van der Waals surface area contributed by atoms with Crippen molar-refractivity contribution in [2.75, 3.05) is 7.05 Å². The Morgan fingerprint density at radius 3 is 2.60 bits per heavy atom. The summed E-state index contributed by atoms with van der Waals surface area (Å²) in [5.74, 6) is -0.734. The number of halogens is 1. The first-order valence-electron chi connectivity index (χ1n) is 4.68. The van der Waals surface area contributed by atoms with Crippen LogP contribution in [0.3, 0.4) is 0 Å². The van der Waals surface area contributed by atoms with Crippen LogP contribution in [0.5, 0.6) is 0 Å². The Morgan fingerprint density at radius 2 is 2.00 bits per heavy atom. The van der Waals surface area contributed by atoms with Crippen LogP contribution in [-0.2, 0) is 17.8 Å². The van der Waals surface area contributed by atoms with Gasteiger partial charge in [0, 0.05) is 6.54 Å². The van der Waals surface area contributed by atoms with Crippen molar-refractivity contribution in [3.8, 4) is 0 Å². The van der Waals surface area contributed by atoms with E-state index in [2.05, 4.69) is 6.07 Å². The van der Waals surface area contributed by atoms with Gasteiger partial charge in [-0.15, -0.1) is 17.0 Å². The average Bonchev–Trinajstić information content (AvgIpc) is 2.16. The van der Waals surface area contributed by atoms with Crippen molar-refractivity contribution in [2.45, 2.75) is 19.0 Å². The van der Waals surface area contributed by atoms with E-state index in [9.17, 15) is 4.79 Å². The van der Waals surface area contributed by atoms with Crippen LogP contribution in [0.25, 0.3) is 0 Å². The summed E-state index contributed by atoms with van der Waals surface area (Å²) in [5.41, 5.74) is 2.41. The molecule has 1 unspecified atom stereocenters. The summed E-state index contributed by atoms with van der Waals surface area (Å²) >= 11 is 0. The summed E-state index contributed by atoms with van der Waals surface area (Å²) in [7, 11) is 1.86. The highest BCUT2D eigenvalue weighted by molar-refractivity contribution is 8.93. The zero-order valence-electron chi connectivity index (χ0n) is 8.51. The van der Waals surface area contributed by atoms with Gasteiger partial charge in [-0.3, -0.25) is 9.69 Å². The molecule has 1 heterocycles. The predicted octanol–water partition coefficient (Wildman–Crippen LogP) is 1.71. The lowest BCUT2D eigenvalue weighted by atomic mass is 9.95. The fourth-order valence-electron chi connectivity index (χ4n) is 1.93. The maximum atomic E-state index is 10.9. The summed E-state index contributed by atoms with van der Waals surface area (Å²) in [6, 6.07) is 7.66. The molecule has 0 amide bonds. The quantitative estimate of drug-likeness (QED) is 0.846. The molecule has 1 aromatic carbocycles. The molecule has 0 fully saturated rings. The molecule has 0 bridgehead atoms. The Bertz CT molecular complexity index is 367. The van der Waals surface area contributed by atoms with Gasteiger partial charge in [0.15, 0.2) is 0 Å². The lowest BCUT2D eigenvalue weighted by Gasteiger charge is -2.30. The topological polar surface area (TPSA) is 40.5 Å². The number of carboxylic acids is 1. The predicted molar refractivity (Wildman–Crippen MR) is 63.4 cm³/mol. The van der Waals surface area contributed by atoms with E-state index in [1.165, 1.54) is 5.56 Å². The smallest absolute Gasteiger partial charge is 0.321 e. The van der Waals surface area contributed by atoms with E-state index < -0.39 is 5.97 Å². The molecule has 2 rings (SSSR count). The van der Waals surface area contributed by atoms with Crippen molar-refractivity contribution in [1.29, 1.82) is 0 Å². The van der Waals surface area contributed by atoms with Gasteiger partial charge >= 0.3 is 5.97 Å². The van der Waals surface area contributed by atoms with E-state index in [0.717, 1.165) is 12.1 Å². The molecule has 0 aliphatic carbocycles. The highest BCUT2D eigenvalue weighted by atomic mass is 79.9. The van der Waals surface area contributed by atoms with Crippen LogP contribution in [0.2, 0.25) is 0 Å². The minimum absolute atomic E-state index is 0. The standard InChI is InChI=1S/C11H13NO2.BrH/c1-12-7-9-5-3-2-4-8(9)6-10(12)11(13)14;/h2-5,10H,6-7H2,1H3,(H,13,14);1H. The second-order valence-corrected chi connectivity index (χ2v) is 3.74. The summed E-state index contributed by atoms with van der Waals surface area (Å²) < 4.78 is 0. The Kier molecular flexibility index (Phi) is 3.88. The van der Waals surface area contributed by atoms with Crippen LogP contribution in [0.4, 0.5) is 0 Å². The Balaban J connectivity index is 0.00000112. The first-order chi connectivity index (χ1) is 6.68.